The molecule has 0 aromatic heterocycles. The highest BCUT2D eigenvalue weighted by Gasteiger charge is 2.24. The Morgan fingerprint density at radius 1 is 0.750 bits per heavy atom. The quantitative estimate of drug-likeness (QED) is 0.192. The summed E-state index contributed by atoms with van der Waals surface area (Å²) in [5, 5.41) is 10.8. The lowest BCUT2D eigenvalue weighted by Gasteiger charge is -2.24. The van der Waals surface area contributed by atoms with E-state index >= 15 is 0 Å². The molecule has 0 spiro atoms. The van der Waals surface area contributed by atoms with Gasteiger partial charge in [-0.2, -0.15) is 0 Å². The van der Waals surface area contributed by atoms with Crippen LogP contribution in [0.25, 0.3) is 10.8 Å². The third-order valence-electron chi connectivity index (χ3n) is 6.64. The van der Waals surface area contributed by atoms with Gasteiger partial charge in [-0.15, -0.1) is 0 Å². The van der Waals surface area contributed by atoms with E-state index in [-0.39, 0.29) is 17.4 Å². The predicted octanol–water partition coefficient (Wildman–Crippen LogP) is 4.65. The highest BCUT2D eigenvalue weighted by molar-refractivity contribution is 6.10. The average Bonchev–Trinajstić information content (AvgIpc) is 2.95. The monoisotopic (exact) mass is 537 g/mol. The van der Waals surface area contributed by atoms with Crippen molar-refractivity contribution in [2.45, 2.75) is 18.9 Å². The molecule has 0 unspecified atom stereocenters. The fourth-order valence-electron chi connectivity index (χ4n) is 4.50. The molecule has 0 bridgehead atoms. The van der Waals surface area contributed by atoms with Gasteiger partial charge in [0.1, 0.15) is 6.04 Å². The summed E-state index contributed by atoms with van der Waals surface area (Å²) in [7, 11) is 6.32. The summed E-state index contributed by atoms with van der Waals surface area (Å²) in [5.41, 5.74) is 2.09. The Morgan fingerprint density at radius 2 is 1.43 bits per heavy atom. The summed E-state index contributed by atoms with van der Waals surface area (Å²) in [6.07, 6.45) is 1.17. The van der Waals surface area contributed by atoms with Crippen molar-refractivity contribution in [3.8, 4) is 0 Å². The van der Waals surface area contributed by atoms with Crippen LogP contribution in [-0.2, 0) is 11.2 Å². The molecule has 3 amide bonds. The van der Waals surface area contributed by atoms with Gasteiger partial charge in [0.05, 0.1) is 38.9 Å². The number of anilines is 1. The zero-order valence-electron chi connectivity index (χ0n) is 23.3. The van der Waals surface area contributed by atoms with Gasteiger partial charge in [0.25, 0.3) is 11.8 Å². The first-order valence-electron chi connectivity index (χ1n) is 13.5. The molecule has 0 aliphatic heterocycles. The van der Waals surface area contributed by atoms with Gasteiger partial charge in [-0.05, 0) is 40.6 Å². The first-order valence-corrected chi connectivity index (χ1v) is 13.5. The van der Waals surface area contributed by atoms with E-state index in [9.17, 15) is 14.4 Å². The summed E-state index contributed by atoms with van der Waals surface area (Å²) in [6.45, 7) is 1.44. The minimum absolute atomic E-state index is 0.240. The van der Waals surface area contributed by atoms with Gasteiger partial charge in [-0.3, -0.25) is 14.4 Å². The lowest BCUT2D eigenvalue weighted by molar-refractivity contribution is -0.870. The van der Waals surface area contributed by atoms with Crippen molar-refractivity contribution in [3.63, 3.8) is 0 Å². The van der Waals surface area contributed by atoms with E-state index in [0.717, 1.165) is 33.8 Å². The van der Waals surface area contributed by atoms with Crippen LogP contribution in [0.1, 0.15) is 32.7 Å². The molecule has 4 aromatic carbocycles. The number of hydrogen-bond acceptors (Lipinski definition) is 3. The Bertz CT molecular complexity index is 1480. The summed E-state index contributed by atoms with van der Waals surface area (Å²) in [5.74, 6) is -0.991. The number of hydrogen-bond donors (Lipinski definition) is 3. The van der Waals surface area contributed by atoms with E-state index < -0.39 is 11.9 Å². The van der Waals surface area contributed by atoms with Crippen LogP contribution in [0.3, 0.4) is 0 Å². The third-order valence-corrected chi connectivity index (χ3v) is 6.64. The minimum Gasteiger partial charge on any atom is -0.354 e. The molecular formula is C33H37N4O3+. The highest BCUT2D eigenvalue weighted by Crippen LogP contribution is 2.20. The highest BCUT2D eigenvalue weighted by atomic mass is 16.2. The average molecular weight is 538 g/mol. The summed E-state index contributed by atoms with van der Waals surface area (Å²) in [4.78, 5) is 39.8. The SMILES string of the molecule is C[N+](C)(C)CCCNC(=O)[C@H](Cc1ccccc1)NC(=O)c1ccccc1NC(=O)c1ccc2ccccc2c1. The molecule has 7 heteroatoms. The van der Waals surface area contributed by atoms with E-state index in [4.69, 9.17) is 0 Å². The molecule has 0 saturated heterocycles. The third kappa shape index (κ3) is 8.01. The Labute approximate surface area is 235 Å². The number of nitrogens with zero attached hydrogens (tertiary/aromatic N) is 1. The van der Waals surface area contributed by atoms with Gasteiger partial charge in [0.2, 0.25) is 5.91 Å². The maximum atomic E-state index is 13.5. The molecule has 206 valence electrons. The fourth-order valence-corrected chi connectivity index (χ4v) is 4.50. The number of carbonyl (C=O) groups excluding carboxylic acids is 3. The molecule has 4 rings (SSSR count). The van der Waals surface area contributed by atoms with Gasteiger partial charge in [0, 0.05) is 24.9 Å². The molecule has 40 heavy (non-hydrogen) atoms. The molecule has 0 aliphatic carbocycles. The van der Waals surface area contributed by atoms with Gasteiger partial charge in [0.15, 0.2) is 0 Å². The van der Waals surface area contributed by atoms with Crippen LogP contribution < -0.4 is 16.0 Å². The van der Waals surface area contributed by atoms with Gasteiger partial charge >= 0.3 is 0 Å². The van der Waals surface area contributed by atoms with Crippen LogP contribution in [0.4, 0.5) is 5.69 Å². The molecule has 0 saturated carbocycles. The largest absolute Gasteiger partial charge is 0.354 e. The second-order valence-electron chi connectivity index (χ2n) is 10.9. The Hall–Kier alpha value is -4.49. The molecule has 0 radical (unpaired) electrons. The van der Waals surface area contributed by atoms with Gasteiger partial charge in [-0.1, -0.05) is 72.8 Å². The second-order valence-corrected chi connectivity index (χ2v) is 10.9. The van der Waals surface area contributed by atoms with E-state index in [1.165, 1.54) is 0 Å². The smallest absolute Gasteiger partial charge is 0.255 e. The lowest BCUT2D eigenvalue weighted by Crippen LogP contribution is -2.48. The van der Waals surface area contributed by atoms with Crippen molar-refractivity contribution < 1.29 is 18.9 Å². The van der Waals surface area contributed by atoms with Crippen LogP contribution in [-0.4, -0.2) is 62.5 Å². The maximum absolute atomic E-state index is 13.5. The Kier molecular flexibility index (Phi) is 9.30. The fraction of sp³-hybridized carbons (Fsp3) is 0.242. The van der Waals surface area contributed by atoms with Gasteiger partial charge in [-0.25, -0.2) is 0 Å². The lowest BCUT2D eigenvalue weighted by atomic mass is 10.0. The van der Waals surface area contributed by atoms with Crippen LogP contribution in [0, 0.1) is 0 Å². The Balaban J connectivity index is 1.48. The Morgan fingerprint density at radius 3 is 2.17 bits per heavy atom. The molecule has 0 fully saturated rings. The number of carbonyl (C=O) groups is 3. The van der Waals surface area contributed by atoms with Crippen LogP contribution in [0.5, 0.6) is 0 Å². The number of para-hydroxylation sites is 1. The summed E-state index contributed by atoms with van der Waals surface area (Å²) < 4.78 is 0.807. The topological polar surface area (TPSA) is 87.3 Å². The van der Waals surface area contributed by atoms with E-state index in [1.807, 2.05) is 66.7 Å². The van der Waals surface area contributed by atoms with Crippen molar-refractivity contribution in [1.29, 1.82) is 0 Å². The van der Waals surface area contributed by atoms with Crippen molar-refractivity contribution in [3.05, 3.63) is 114 Å². The van der Waals surface area contributed by atoms with Crippen molar-refractivity contribution in [1.82, 2.24) is 10.6 Å². The summed E-state index contributed by atoms with van der Waals surface area (Å²) >= 11 is 0. The molecule has 3 N–H and O–H groups in total. The molecule has 1 atom stereocenters. The molecule has 0 aliphatic rings. The molecular weight excluding hydrogens is 500 g/mol. The number of fused-ring (bicyclic) bond motifs is 1. The number of rotatable bonds is 11. The number of amides is 3. The van der Waals surface area contributed by atoms with E-state index in [0.29, 0.717) is 24.2 Å². The zero-order chi connectivity index (χ0) is 28.5. The van der Waals surface area contributed by atoms with Crippen LogP contribution >= 0.6 is 0 Å². The molecule has 7 nitrogen and oxygen atoms in total. The zero-order valence-corrected chi connectivity index (χ0v) is 23.3. The van der Waals surface area contributed by atoms with Gasteiger partial charge < -0.3 is 20.4 Å². The predicted molar refractivity (Wildman–Crippen MR) is 160 cm³/mol. The number of nitrogens with one attached hydrogen (secondary N) is 3. The van der Waals surface area contributed by atoms with Crippen LogP contribution in [0.15, 0.2) is 97.1 Å². The molecule has 4 aromatic rings. The molecule has 0 heterocycles. The maximum Gasteiger partial charge on any atom is 0.255 e. The van der Waals surface area contributed by atoms with Crippen molar-refractivity contribution >= 4 is 34.2 Å². The minimum atomic E-state index is -0.775. The second kappa shape index (κ2) is 13.0. The van der Waals surface area contributed by atoms with E-state index in [2.05, 4.69) is 37.1 Å². The van der Waals surface area contributed by atoms with Crippen molar-refractivity contribution in [2.75, 3.05) is 39.5 Å². The summed E-state index contributed by atoms with van der Waals surface area (Å²) in [6, 6.07) is 28.9. The van der Waals surface area contributed by atoms with Crippen LogP contribution in [0.2, 0.25) is 0 Å². The standard InChI is InChI=1S/C33H36N4O3/c1-37(2,3)21-11-20-34-33(40)30(22-24-12-5-4-6-13-24)36-32(39)28-16-9-10-17-29(28)35-31(38)27-19-18-25-14-7-8-15-26(25)23-27/h4-10,12-19,23,30H,11,20-22H2,1-3H3,(H2-,34,35,36,38,39,40)/p+1/t30-/m0/s1. The van der Waals surface area contributed by atoms with Crippen molar-refractivity contribution in [2.24, 2.45) is 0 Å². The normalized spacial score (nSPS) is 12.0. The number of benzene rings is 4. The first kappa shape index (κ1) is 28.5. The first-order chi connectivity index (χ1) is 19.2. The number of quaternary nitrogens is 1. The van der Waals surface area contributed by atoms with E-state index in [1.54, 1.807) is 30.3 Å².